The van der Waals surface area contributed by atoms with Gasteiger partial charge in [-0.1, -0.05) is 19.9 Å². The largest absolute Gasteiger partial charge is 0.498 e. The second-order valence-corrected chi connectivity index (χ2v) is 5.59. The predicted octanol–water partition coefficient (Wildman–Crippen LogP) is 1.33. The van der Waals surface area contributed by atoms with Gasteiger partial charge < -0.3 is 19.8 Å². The van der Waals surface area contributed by atoms with Gasteiger partial charge >= 0.3 is 7.12 Å². The van der Waals surface area contributed by atoms with E-state index in [1.807, 2.05) is 13.0 Å². The minimum Gasteiger partial charge on any atom is -0.491 e. The molecule has 4 nitrogen and oxygen atoms in total. The van der Waals surface area contributed by atoms with Crippen LogP contribution >= 0.6 is 0 Å². The van der Waals surface area contributed by atoms with Gasteiger partial charge in [-0.05, 0) is 30.0 Å². The van der Waals surface area contributed by atoms with Crippen LogP contribution in [0.3, 0.4) is 0 Å². The minimum atomic E-state index is -0.338. The summed E-state index contributed by atoms with van der Waals surface area (Å²) in [6, 6.07) is 4.16. The lowest BCUT2D eigenvalue weighted by atomic mass is 9.75. The molecule has 0 bridgehead atoms. The second kappa shape index (κ2) is 4.82. The normalized spacial score (nSPS) is 25.2. The van der Waals surface area contributed by atoms with Crippen molar-refractivity contribution in [3.63, 3.8) is 0 Å². The molecule has 0 radical (unpaired) electrons. The molecule has 3 rings (SSSR count). The van der Waals surface area contributed by atoms with Crippen LogP contribution < -0.4 is 15.9 Å². The topological polar surface area (TPSA) is 53.7 Å². The van der Waals surface area contributed by atoms with Crippen molar-refractivity contribution >= 4 is 12.6 Å². The van der Waals surface area contributed by atoms with Gasteiger partial charge in [-0.2, -0.15) is 0 Å². The number of hydrogen-bond acceptors (Lipinski definition) is 4. The molecule has 0 amide bonds. The average molecular weight is 261 g/mol. The third kappa shape index (κ3) is 2.06. The van der Waals surface area contributed by atoms with Crippen LogP contribution in [-0.4, -0.2) is 26.4 Å². The van der Waals surface area contributed by atoms with E-state index in [2.05, 4.69) is 19.9 Å². The summed E-state index contributed by atoms with van der Waals surface area (Å²) in [6.45, 7) is 7.37. The summed E-state index contributed by atoms with van der Waals surface area (Å²) in [4.78, 5) is 0. The summed E-state index contributed by atoms with van der Waals surface area (Å²) in [5.41, 5.74) is 9.36. The number of hydrogen-bond donors (Lipinski definition) is 1. The van der Waals surface area contributed by atoms with Crippen molar-refractivity contribution in [3.05, 3.63) is 23.3 Å². The maximum Gasteiger partial charge on any atom is 0.498 e. The molecule has 2 heterocycles. The number of ether oxygens (including phenoxy) is 1. The molecule has 19 heavy (non-hydrogen) atoms. The molecule has 1 aromatic carbocycles. The molecule has 0 fully saturated rings. The van der Waals surface area contributed by atoms with Crippen molar-refractivity contribution in [2.75, 3.05) is 13.2 Å². The van der Waals surface area contributed by atoms with Crippen LogP contribution in [0.25, 0.3) is 0 Å². The highest BCUT2D eigenvalue weighted by Gasteiger charge is 2.43. The maximum absolute atomic E-state index is 5.98. The Kier molecular flexibility index (Phi) is 3.29. The van der Waals surface area contributed by atoms with Crippen LogP contribution in [-0.2, 0) is 9.31 Å². The zero-order chi connectivity index (χ0) is 13.6. The van der Waals surface area contributed by atoms with E-state index >= 15 is 0 Å². The molecular weight excluding hydrogens is 241 g/mol. The third-order valence-electron chi connectivity index (χ3n) is 3.79. The molecule has 2 atom stereocenters. The van der Waals surface area contributed by atoms with E-state index in [9.17, 15) is 0 Å². The number of nitrogens with two attached hydrogens (primary N) is 1. The number of benzene rings is 1. The monoisotopic (exact) mass is 261 g/mol. The first-order valence-electron chi connectivity index (χ1n) is 6.92. The Hall–Kier alpha value is -1.04. The van der Waals surface area contributed by atoms with Gasteiger partial charge in [-0.25, -0.2) is 0 Å². The highest BCUT2D eigenvalue weighted by atomic mass is 16.6. The first kappa shape index (κ1) is 13.0. The van der Waals surface area contributed by atoms with Gasteiger partial charge in [-0.15, -0.1) is 0 Å². The van der Waals surface area contributed by atoms with Gasteiger partial charge in [0.2, 0.25) is 0 Å². The Morgan fingerprint density at radius 1 is 1.37 bits per heavy atom. The minimum absolute atomic E-state index is 0.0178. The molecular formula is C14H20BNO3. The molecule has 1 unspecified atom stereocenters. The fraction of sp³-hybridized carbons (Fsp3) is 0.571. The molecule has 0 aromatic heterocycles. The molecule has 0 saturated carbocycles. The van der Waals surface area contributed by atoms with Crippen LogP contribution in [0.5, 0.6) is 5.75 Å². The fourth-order valence-electron chi connectivity index (χ4n) is 2.88. The van der Waals surface area contributed by atoms with Crippen LogP contribution in [0, 0.1) is 0 Å². The van der Waals surface area contributed by atoms with Gasteiger partial charge in [0.25, 0.3) is 0 Å². The third-order valence-corrected chi connectivity index (χ3v) is 3.79. The van der Waals surface area contributed by atoms with Crippen molar-refractivity contribution in [1.29, 1.82) is 0 Å². The van der Waals surface area contributed by atoms with Gasteiger partial charge in [-0.3, -0.25) is 0 Å². The smallest absolute Gasteiger partial charge is 0.491 e. The zero-order valence-electron chi connectivity index (χ0n) is 11.7. The molecule has 0 saturated heterocycles. The first-order valence-corrected chi connectivity index (χ1v) is 6.92. The van der Waals surface area contributed by atoms with Crippen molar-refractivity contribution in [2.45, 2.75) is 38.9 Å². The van der Waals surface area contributed by atoms with E-state index in [0.29, 0.717) is 19.1 Å². The SMILES string of the molecule is CC1COc2ccc(C(C)C)c3c2B(O1)O[C@@H]3CN. The molecule has 2 aliphatic heterocycles. The Morgan fingerprint density at radius 2 is 2.16 bits per heavy atom. The van der Waals surface area contributed by atoms with Crippen LogP contribution in [0.4, 0.5) is 0 Å². The second-order valence-electron chi connectivity index (χ2n) is 5.59. The van der Waals surface area contributed by atoms with E-state index in [1.54, 1.807) is 0 Å². The molecule has 0 spiro atoms. The fourth-order valence-corrected chi connectivity index (χ4v) is 2.88. The van der Waals surface area contributed by atoms with Gasteiger partial charge in [0.1, 0.15) is 12.4 Å². The Balaban J connectivity index is 2.16. The lowest BCUT2D eigenvalue weighted by Crippen LogP contribution is -2.34. The Bertz CT molecular complexity index is 492. The summed E-state index contributed by atoms with van der Waals surface area (Å²) in [6.07, 6.45) is -0.0736. The molecule has 102 valence electrons. The van der Waals surface area contributed by atoms with Crippen LogP contribution in [0.2, 0.25) is 0 Å². The van der Waals surface area contributed by atoms with Crippen molar-refractivity contribution in [3.8, 4) is 5.75 Å². The molecule has 5 heteroatoms. The lowest BCUT2D eigenvalue weighted by molar-refractivity contribution is 0.101. The summed E-state index contributed by atoms with van der Waals surface area (Å²) < 4.78 is 17.7. The summed E-state index contributed by atoms with van der Waals surface area (Å²) >= 11 is 0. The van der Waals surface area contributed by atoms with Crippen molar-refractivity contribution in [2.24, 2.45) is 5.73 Å². The maximum atomic E-state index is 5.98. The lowest BCUT2D eigenvalue weighted by Gasteiger charge is -2.19. The van der Waals surface area contributed by atoms with Gasteiger partial charge in [0.15, 0.2) is 0 Å². The predicted molar refractivity (Wildman–Crippen MR) is 74.8 cm³/mol. The summed E-state index contributed by atoms with van der Waals surface area (Å²) in [5.74, 6) is 1.31. The highest BCUT2D eigenvalue weighted by Crippen LogP contribution is 2.35. The summed E-state index contributed by atoms with van der Waals surface area (Å²) in [7, 11) is -0.338. The van der Waals surface area contributed by atoms with E-state index in [0.717, 1.165) is 11.2 Å². The zero-order valence-corrected chi connectivity index (χ0v) is 11.7. The van der Waals surface area contributed by atoms with E-state index in [4.69, 9.17) is 19.8 Å². The quantitative estimate of drug-likeness (QED) is 0.816. The standard InChI is InChI=1S/C14H20BNO3/c1-8(2)10-4-5-11-14-13(10)12(6-16)19-15(14)18-9(3)7-17-11/h4-5,8-9,12H,6-7,16H2,1-3H3/t9?,12-/m1/s1. The molecule has 1 aromatic rings. The molecule has 2 aliphatic rings. The average Bonchev–Trinajstić information content (AvgIpc) is 2.66. The number of rotatable bonds is 2. The van der Waals surface area contributed by atoms with E-state index < -0.39 is 0 Å². The van der Waals surface area contributed by atoms with Crippen molar-refractivity contribution < 1.29 is 14.0 Å². The first-order chi connectivity index (χ1) is 9.11. The molecule has 2 N–H and O–H groups in total. The molecule has 0 aliphatic carbocycles. The van der Waals surface area contributed by atoms with E-state index in [1.165, 1.54) is 11.1 Å². The highest BCUT2D eigenvalue weighted by molar-refractivity contribution is 6.64. The summed E-state index contributed by atoms with van der Waals surface area (Å²) in [5, 5.41) is 0. The van der Waals surface area contributed by atoms with Crippen molar-refractivity contribution in [1.82, 2.24) is 0 Å². The van der Waals surface area contributed by atoms with E-state index in [-0.39, 0.29) is 19.3 Å². The Labute approximate surface area is 114 Å². The van der Waals surface area contributed by atoms with Crippen LogP contribution in [0.1, 0.15) is 43.9 Å². The van der Waals surface area contributed by atoms with Gasteiger partial charge in [0.05, 0.1) is 12.2 Å². The Morgan fingerprint density at radius 3 is 2.84 bits per heavy atom. The van der Waals surface area contributed by atoms with Gasteiger partial charge in [0, 0.05) is 12.0 Å². The van der Waals surface area contributed by atoms with Crippen LogP contribution in [0.15, 0.2) is 12.1 Å².